The van der Waals surface area contributed by atoms with Crippen LogP contribution >= 0.6 is 0 Å². The summed E-state index contributed by atoms with van der Waals surface area (Å²) >= 11 is 0. The van der Waals surface area contributed by atoms with Gasteiger partial charge in [0.15, 0.2) is 5.78 Å². The molecule has 0 saturated heterocycles. The van der Waals surface area contributed by atoms with Gasteiger partial charge < -0.3 is 10.6 Å². The smallest absolute Gasteiger partial charge is 0.247 e. The van der Waals surface area contributed by atoms with Crippen molar-refractivity contribution in [3.05, 3.63) is 29.8 Å². The number of anilines is 1. The quantitative estimate of drug-likeness (QED) is 0.775. The predicted octanol–water partition coefficient (Wildman–Crippen LogP) is 3.55. The van der Waals surface area contributed by atoms with Crippen molar-refractivity contribution in [3.63, 3.8) is 0 Å². The Bertz CT molecular complexity index is 634. The van der Waals surface area contributed by atoms with Crippen molar-refractivity contribution in [3.8, 4) is 0 Å². The maximum Gasteiger partial charge on any atom is 0.247 e. The maximum atomic E-state index is 12.6. The molecule has 1 saturated carbocycles. The van der Waals surface area contributed by atoms with Gasteiger partial charge in [0.25, 0.3) is 0 Å². The van der Waals surface area contributed by atoms with Crippen LogP contribution in [0.15, 0.2) is 24.3 Å². The van der Waals surface area contributed by atoms with Gasteiger partial charge in [0.1, 0.15) is 6.04 Å². The van der Waals surface area contributed by atoms with E-state index in [1.54, 1.807) is 24.3 Å². The van der Waals surface area contributed by atoms with E-state index in [2.05, 4.69) is 10.6 Å². The topological polar surface area (TPSA) is 75.3 Å². The number of nitrogens with one attached hydrogen (secondary N) is 2. The van der Waals surface area contributed by atoms with Gasteiger partial charge in [-0.1, -0.05) is 45.2 Å². The van der Waals surface area contributed by atoms with Gasteiger partial charge in [0.05, 0.1) is 0 Å². The van der Waals surface area contributed by atoms with Crippen LogP contribution in [0.5, 0.6) is 0 Å². The second kappa shape index (κ2) is 8.79. The molecule has 2 amide bonds. The van der Waals surface area contributed by atoms with Gasteiger partial charge >= 0.3 is 0 Å². The molecule has 1 aliphatic rings. The zero-order valence-corrected chi connectivity index (χ0v) is 15.3. The van der Waals surface area contributed by atoms with Gasteiger partial charge in [0.2, 0.25) is 11.8 Å². The Kier molecular flexibility index (Phi) is 6.73. The number of Topliss-reactive ketones (excluding diaryl/α,β-unsaturated/α-hetero) is 1. The number of rotatable bonds is 6. The van der Waals surface area contributed by atoms with Gasteiger partial charge in [-0.3, -0.25) is 14.4 Å². The molecular weight excluding hydrogens is 316 g/mol. The molecule has 1 aromatic rings. The minimum atomic E-state index is -0.588. The molecule has 2 rings (SSSR count). The Morgan fingerprint density at radius 2 is 1.76 bits per heavy atom. The molecule has 1 atom stereocenters. The van der Waals surface area contributed by atoms with Gasteiger partial charge in [-0.05, 0) is 37.8 Å². The van der Waals surface area contributed by atoms with E-state index >= 15 is 0 Å². The summed E-state index contributed by atoms with van der Waals surface area (Å²) in [7, 11) is 0. The summed E-state index contributed by atoms with van der Waals surface area (Å²) in [6.45, 7) is 5.32. The first-order chi connectivity index (χ1) is 11.9. The van der Waals surface area contributed by atoms with Gasteiger partial charge in [-0.2, -0.15) is 0 Å². The van der Waals surface area contributed by atoms with Crippen molar-refractivity contribution < 1.29 is 14.4 Å². The van der Waals surface area contributed by atoms with Crippen LogP contribution in [0.4, 0.5) is 5.69 Å². The predicted molar refractivity (Wildman–Crippen MR) is 98.4 cm³/mol. The Morgan fingerprint density at radius 1 is 1.08 bits per heavy atom. The molecule has 0 aromatic heterocycles. The fourth-order valence-corrected chi connectivity index (χ4v) is 3.21. The summed E-state index contributed by atoms with van der Waals surface area (Å²) in [5.74, 6) is -0.333. The Labute approximate surface area is 149 Å². The lowest BCUT2D eigenvalue weighted by atomic mass is 9.88. The lowest BCUT2D eigenvalue weighted by molar-refractivity contribution is -0.130. The molecule has 1 fully saturated rings. The van der Waals surface area contributed by atoms with Gasteiger partial charge in [-0.15, -0.1) is 0 Å². The summed E-state index contributed by atoms with van der Waals surface area (Å²) in [6, 6.07) is 6.25. The van der Waals surface area contributed by atoms with Crippen molar-refractivity contribution in [1.29, 1.82) is 0 Å². The van der Waals surface area contributed by atoms with Crippen molar-refractivity contribution in [1.82, 2.24) is 5.32 Å². The van der Waals surface area contributed by atoms with Crippen molar-refractivity contribution in [2.45, 2.75) is 58.9 Å². The lowest BCUT2D eigenvalue weighted by Crippen LogP contribution is -2.49. The van der Waals surface area contributed by atoms with Gasteiger partial charge in [0, 0.05) is 17.2 Å². The van der Waals surface area contributed by atoms with Crippen LogP contribution in [0.3, 0.4) is 0 Å². The van der Waals surface area contributed by atoms with E-state index in [1.165, 1.54) is 13.3 Å². The normalized spacial score (nSPS) is 16.3. The molecule has 0 heterocycles. The molecule has 0 unspecified atom stereocenters. The standard InChI is InChI=1S/C20H28N2O3/c1-13(2)18(22-19(24)15-8-5-4-6-9-15)20(25)21-17-11-7-10-16(12-17)14(3)23/h7,10-13,15,18H,4-6,8-9H2,1-3H3,(H,21,25)(H,22,24)/t18-/m1/s1. The Balaban J connectivity index is 2.03. The number of benzene rings is 1. The number of hydrogen-bond acceptors (Lipinski definition) is 3. The van der Waals surface area contributed by atoms with Crippen molar-refractivity contribution in [2.24, 2.45) is 11.8 Å². The number of carbonyl (C=O) groups is 3. The Hall–Kier alpha value is -2.17. The minimum absolute atomic E-state index is 0.0174. The van der Waals surface area contributed by atoms with E-state index in [4.69, 9.17) is 0 Å². The third-order valence-corrected chi connectivity index (χ3v) is 4.76. The summed E-state index contributed by atoms with van der Waals surface area (Å²) < 4.78 is 0. The first kappa shape index (κ1) is 19.2. The third-order valence-electron chi connectivity index (χ3n) is 4.76. The zero-order chi connectivity index (χ0) is 18.4. The molecular formula is C20H28N2O3. The average Bonchev–Trinajstić information content (AvgIpc) is 2.60. The summed E-state index contributed by atoms with van der Waals surface area (Å²) in [5.41, 5.74) is 1.11. The van der Waals surface area contributed by atoms with Crippen molar-refractivity contribution in [2.75, 3.05) is 5.32 Å². The zero-order valence-electron chi connectivity index (χ0n) is 15.3. The second-order valence-electron chi connectivity index (χ2n) is 7.19. The second-order valence-corrected chi connectivity index (χ2v) is 7.19. The average molecular weight is 344 g/mol. The number of carbonyl (C=O) groups excluding carboxylic acids is 3. The SMILES string of the molecule is CC(=O)c1cccc(NC(=O)[C@H](NC(=O)C2CCCCC2)C(C)C)c1. The lowest BCUT2D eigenvalue weighted by Gasteiger charge is -2.26. The largest absolute Gasteiger partial charge is 0.344 e. The summed E-state index contributed by atoms with van der Waals surface area (Å²) in [6.07, 6.45) is 5.14. The van der Waals surface area contributed by atoms with E-state index in [-0.39, 0.29) is 29.4 Å². The van der Waals surface area contributed by atoms with Crippen LogP contribution in [0.25, 0.3) is 0 Å². The highest BCUT2D eigenvalue weighted by atomic mass is 16.2. The summed E-state index contributed by atoms with van der Waals surface area (Å²) in [5, 5.41) is 5.75. The number of ketones is 1. The highest BCUT2D eigenvalue weighted by Gasteiger charge is 2.28. The fraction of sp³-hybridized carbons (Fsp3) is 0.550. The molecule has 0 spiro atoms. The molecule has 0 bridgehead atoms. The molecule has 2 N–H and O–H groups in total. The van der Waals surface area contributed by atoms with Crippen LogP contribution in [-0.4, -0.2) is 23.6 Å². The molecule has 1 aromatic carbocycles. The highest BCUT2D eigenvalue weighted by molar-refractivity contribution is 5.99. The van der Waals surface area contributed by atoms with Crippen LogP contribution in [0, 0.1) is 11.8 Å². The monoisotopic (exact) mass is 344 g/mol. The van der Waals surface area contributed by atoms with E-state index < -0.39 is 6.04 Å². The number of amides is 2. The highest BCUT2D eigenvalue weighted by Crippen LogP contribution is 2.24. The molecule has 0 radical (unpaired) electrons. The van der Waals surface area contributed by atoms with Crippen LogP contribution < -0.4 is 10.6 Å². The van der Waals surface area contributed by atoms with Gasteiger partial charge in [-0.25, -0.2) is 0 Å². The van der Waals surface area contributed by atoms with Crippen LogP contribution in [0.1, 0.15) is 63.2 Å². The molecule has 5 heteroatoms. The van der Waals surface area contributed by atoms with E-state index in [0.717, 1.165) is 25.7 Å². The van der Waals surface area contributed by atoms with Crippen LogP contribution in [0.2, 0.25) is 0 Å². The minimum Gasteiger partial charge on any atom is -0.344 e. The van der Waals surface area contributed by atoms with Crippen LogP contribution in [-0.2, 0) is 9.59 Å². The molecule has 0 aliphatic heterocycles. The molecule has 5 nitrogen and oxygen atoms in total. The summed E-state index contributed by atoms with van der Waals surface area (Å²) in [4.78, 5) is 36.6. The Morgan fingerprint density at radius 3 is 2.36 bits per heavy atom. The first-order valence-corrected chi connectivity index (χ1v) is 9.10. The van der Waals surface area contributed by atoms with E-state index in [9.17, 15) is 14.4 Å². The molecule has 25 heavy (non-hydrogen) atoms. The third kappa shape index (κ3) is 5.41. The first-order valence-electron chi connectivity index (χ1n) is 9.10. The number of hydrogen-bond donors (Lipinski definition) is 2. The molecule has 136 valence electrons. The fourth-order valence-electron chi connectivity index (χ4n) is 3.21. The molecule has 1 aliphatic carbocycles. The maximum absolute atomic E-state index is 12.6. The van der Waals surface area contributed by atoms with E-state index in [0.29, 0.717) is 11.3 Å². The van der Waals surface area contributed by atoms with Crippen molar-refractivity contribution >= 4 is 23.3 Å². The van der Waals surface area contributed by atoms with E-state index in [1.807, 2.05) is 13.8 Å².